The average Bonchev–Trinajstić information content (AvgIpc) is 3.17. The van der Waals surface area contributed by atoms with Gasteiger partial charge in [0.05, 0.1) is 24.7 Å². The fraction of sp³-hybridized carbons (Fsp3) is 0.615. The Labute approximate surface area is 200 Å². The van der Waals surface area contributed by atoms with Gasteiger partial charge in [0.2, 0.25) is 11.8 Å². The van der Waals surface area contributed by atoms with E-state index >= 15 is 0 Å². The van der Waals surface area contributed by atoms with Crippen LogP contribution >= 0.6 is 0 Å². The first kappa shape index (κ1) is 24.7. The van der Waals surface area contributed by atoms with Crippen LogP contribution in [-0.2, 0) is 14.3 Å². The fourth-order valence-corrected chi connectivity index (χ4v) is 5.04. The van der Waals surface area contributed by atoms with E-state index in [9.17, 15) is 19.8 Å². The molecule has 0 spiro atoms. The molecule has 1 saturated carbocycles. The topological polar surface area (TPSA) is 108 Å². The number of hydrogen-bond acceptors (Lipinski definition) is 6. The molecule has 1 aliphatic heterocycles. The van der Waals surface area contributed by atoms with Crippen LogP contribution in [-0.4, -0.2) is 77.6 Å². The quantitative estimate of drug-likeness (QED) is 0.448. The van der Waals surface area contributed by atoms with Crippen molar-refractivity contribution in [2.75, 3.05) is 26.3 Å². The Morgan fingerprint density at radius 1 is 1.26 bits per heavy atom. The van der Waals surface area contributed by atoms with Gasteiger partial charge in [-0.3, -0.25) is 9.59 Å². The number of ether oxygens (including phenoxy) is 2. The summed E-state index contributed by atoms with van der Waals surface area (Å²) in [6.07, 6.45) is 3.54. The first-order chi connectivity index (χ1) is 16.4. The van der Waals surface area contributed by atoms with Crippen molar-refractivity contribution in [3.63, 3.8) is 0 Å². The van der Waals surface area contributed by atoms with E-state index in [0.29, 0.717) is 30.9 Å². The summed E-state index contributed by atoms with van der Waals surface area (Å²) in [6.45, 7) is 4.83. The molecule has 3 N–H and O–H groups in total. The molecule has 186 valence electrons. The van der Waals surface area contributed by atoms with Crippen molar-refractivity contribution in [3.8, 4) is 5.75 Å². The van der Waals surface area contributed by atoms with Gasteiger partial charge in [0.1, 0.15) is 18.0 Å². The van der Waals surface area contributed by atoms with Gasteiger partial charge >= 0.3 is 0 Å². The number of rotatable bonds is 10. The molecule has 0 radical (unpaired) electrons. The van der Waals surface area contributed by atoms with E-state index in [4.69, 9.17) is 9.47 Å². The van der Waals surface area contributed by atoms with E-state index in [1.807, 2.05) is 38.1 Å². The highest BCUT2D eigenvalue weighted by atomic mass is 16.5. The zero-order valence-electron chi connectivity index (χ0n) is 20.0. The van der Waals surface area contributed by atoms with Crippen molar-refractivity contribution >= 4 is 11.8 Å². The largest absolute Gasteiger partial charge is 0.486 e. The van der Waals surface area contributed by atoms with Crippen LogP contribution in [0.4, 0.5) is 0 Å². The van der Waals surface area contributed by atoms with Crippen molar-refractivity contribution in [2.45, 2.75) is 69.8 Å². The summed E-state index contributed by atoms with van der Waals surface area (Å²) >= 11 is 0. The summed E-state index contributed by atoms with van der Waals surface area (Å²) in [5, 5.41) is 23.4. The molecule has 0 aromatic heterocycles. The van der Waals surface area contributed by atoms with Gasteiger partial charge in [-0.25, -0.2) is 0 Å². The molecule has 1 fully saturated rings. The molecule has 4 rings (SSSR count). The van der Waals surface area contributed by atoms with Crippen molar-refractivity contribution in [3.05, 3.63) is 41.5 Å². The molecule has 34 heavy (non-hydrogen) atoms. The Kier molecular flexibility index (Phi) is 7.91. The number of benzene rings is 1. The predicted octanol–water partition coefficient (Wildman–Crippen LogP) is 1.75. The highest BCUT2D eigenvalue weighted by molar-refractivity contribution is 5.96. The summed E-state index contributed by atoms with van der Waals surface area (Å²) < 4.78 is 11.8. The molecule has 3 aliphatic rings. The number of fused-ring (bicyclic) bond motifs is 3. The molecule has 1 aromatic rings. The van der Waals surface area contributed by atoms with Gasteiger partial charge in [0, 0.05) is 36.8 Å². The van der Waals surface area contributed by atoms with E-state index in [0.717, 1.165) is 24.8 Å². The van der Waals surface area contributed by atoms with Crippen LogP contribution in [0.3, 0.4) is 0 Å². The maximum atomic E-state index is 13.4. The number of hydrogen-bond donors (Lipinski definition) is 3. The highest BCUT2D eigenvalue weighted by Gasteiger charge is 2.50. The molecule has 8 nitrogen and oxygen atoms in total. The number of carbonyl (C=O) groups is 2. The van der Waals surface area contributed by atoms with Crippen molar-refractivity contribution in [2.24, 2.45) is 5.92 Å². The number of para-hydroxylation sites is 1. The molecule has 4 atom stereocenters. The zero-order valence-corrected chi connectivity index (χ0v) is 20.0. The smallest absolute Gasteiger partial charge is 0.247 e. The Morgan fingerprint density at radius 3 is 2.71 bits per heavy atom. The molecule has 0 saturated heterocycles. The first-order valence-electron chi connectivity index (χ1n) is 12.4. The van der Waals surface area contributed by atoms with Crippen LogP contribution in [0.2, 0.25) is 0 Å². The molecule has 1 heterocycles. The first-order valence-corrected chi connectivity index (χ1v) is 12.4. The minimum absolute atomic E-state index is 0.0141. The van der Waals surface area contributed by atoms with E-state index in [-0.39, 0.29) is 37.0 Å². The molecule has 1 aromatic carbocycles. The van der Waals surface area contributed by atoms with E-state index in [1.54, 1.807) is 11.0 Å². The van der Waals surface area contributed by atoms with Crippen LogP contribution < -0.4 is 10.1 Å². The summed E-state index contributed by atoms with van der Waals surface area (Å²) in [7, 11) is 0. The van der Waals surface area contributed by atoms with Gasteiger partial charge in [-0.15, -0.1) is 0 Å². The van der Waals surface area contributed by atoms with Gasteiger partial charge in [0.25, 0.3) is 0 Å². The third-order valence-electron chi connectivity index (χ3n) is 6.97. The second-order valence-corrected chi connectivity index (χ2v) is 9.61. The number of carbonyl (C=O) groups excluding carboxylic acids is 2. The summed E-state index contributed by atoms with van der Waals surface area (Å²) in [6, 6.07) is 6.79. The van der Waals surface area contributed by atoms with Crippen LogP contribution in [0.25, 0.3) is 0 Å². The van der Waals surface area contributed by atoms with E-state index < -0.39 is 24.2 Å². The predicted molar refractivity (Wildman–Crippen MR) is 126 cm³/mol. The fourth-order valence-electron chi connectivity index (χ4n) is 5.04. The van der Waals surface area contributed by atoms with Crippen molar-refractivity contribution in [1.29, 1.82) is 0 Å². The highest BCUT2D eigenvalue weighted by Crippen LogP contribution is 2.47. The lowest BCUT2D eigenvalue weighted by molar-refractivity contribution is -0.144. The second kappa shape index (κ2) is 10.9. The maximum absolute atomic E-state index is 13.4. The number of aliphatic hydroxyl groups excluding tert-OH is 2. The minimum atomic E-state index is -0.984. The monoisotopic (exact) mass is 472 g/mol. The Hall–Kier alpha value is -2.42. The van der Waals surface area contributed by atoms with Gasteiger partial charge in [-0.05, 0) is 45.3 Å². The normalized spacial score (nSPS) is 25.6. The molecular formula is C26H36N2O6. The summed E-state index contributed by atoms with van der Waals surface area (Å²) in [5.41, 5.74) is 1.31. The van der Waals surface area contributed by atoms with Gasteiger partial charge < -0.3 is 29.9 Å². The SMILES string of the molecule is CC(C)OCCCN(C(=O)C1CCC1)C1C=C(C(=O)NCCO)C2c3ccccc3OC2C1O. The third-order valence-corrected chi connectivity index (χ3v) is 6.97. The molecule has 0 bridgehead atoms. The molecular weight excluding hydrogens is 436 g/mol. The lowest BCUT2D eigenvalue weighted by Gasteiger charge is -2.42. The zero-order chi connectivity index (χ0) is 24.2. The maximum Gasteiger partial charge on any atom is 0.247 e. The van der Waals surface area contributed by atoms with Crippen molar-refractivity contribution in [1.82, 2.24) is 10.2 Å². The Bertz CT molecular complexity index is 912. The molecule has 8 heteroatoms. The second-order valence-electron chi connectivity index (χ2n) is 9.61. The average molecular weight is 473 g/mol. The number of aliphatic hydroxyl groups is 2. The van der Waals surface area contributed by atoms with Gasteiger partial charge in [0.15, 0.2) is 0 Å². The van der Waals surface area contributed by atoms with Gasteiger partial charge in [-0.1, -0.05) is 24.6 Å². The number of nitrogens with one attached hydrogen (secondary N) is 1. The third kappa shape index (κ3) is 4.99. The Balaban J connectivity index is 1.65. The number of amides is 2. The lowest BCUT2D eigenvalue weighted by Crippen LogP contribution is -2.57. The minimum Gasteiger partial charge on any atom is -0.486 e. The Morgan fingerprint density at radius 2 is 2.03 bits per heavy atom. The van der Waals surface area contributed by atoms with Crippen LogP contribution in [0.5, 0.6) is 5.75 Å². The van der Waals surface area contributed by atoms with E-state index in [2.05, 4.69) is 5.32 Å². The molecule has 4 unspecified atom stereocenters. The van der Waals surface area contributed by atoms with Crippen LogP contribution in [0.15, 0.2) is 35.9 Å². The van der Waals surface area contributed by atoms with Crippen molar-refractivity contribution < 1.29 is 29.3 Å². The summed E-state index contributed by atoms with van der Waals surface area (Å²) in [4.78, 5) is 28.3. The van der Waals surface area contributed by atoms with Crippen LogP contribution in [0, 0.1) is 5.92 Å². The summed E-state index contributed by atoms with van der Waals surface area (Å²) in [5.74, 6) is -0.148. The number of nitrogens with zero attached hydrogens (tertiary/aromatic N) is 1. The van der Waals surface area contributed by atoms with E-state index in [1.165, 1.54) is 0 Å². The molecule has 2 aliphatic carbocycles. The van der Waals surface area contributed by atoms with Crippen LogP contribution in [0.1, 0.15) is 51.0 Å². The molecule has 2 amide bonds. The van der Waals surface area contributed by atoms with Gasteiger partial charge in [-0.2, -0.15) is 0 Å². The standard InChI is InChI=1S/C26H36N2O6/c1-16(2)33-14-6-12-28(26(32)17-7-5-8-17)20-15-19(25(31)27-11-13-29)22-18-9-3-4-10-21(18)34-24(22)23(20)30/h3-4,9-10,15-17,20,22-24,29-30H,5-8,11-14H2,1-2H3,(H,27,31). The lowest BCUT2D eigenvalue weighted by atomic mass is 9.76.